The van der Waals surface area contributed by atoms with E-state index in [9.17, 15) is 0 Å². The van der Waals surface area contributed by atoms with Crippen LogP contribution in [0, 0.1) is 6.92 Å². The topological polar surface area (TPSA) is 37.5 Å². The first-order valence-corrected chi connectivity index (χ1v) is 6.71. The van der Waals surface area contributed by atoms with E-state index in [-0.39, 0.29) is 6.04 Å². The van der Waals surface area contributed by atoms with Gasteiger partial charge < -0.3 is 9.73 Å². The lowest BCUT2D eigenvalue weighted by Gasteiger charge is -2.11. The largest absolute Gasteiger partial charge is 0.464 e. The zero-order chi connectivity index (χ0) is 11.5. The van der Waals surface area contributed by atoms with Gasteiger partial charge in [-0.25, -0.2) is 0 Å². The maximum atomic E-state index is 5.58. The summed E-state index contributed by atoms with van der Waals surface area (Å²) in [6.45, 7) is 6.24. The highest BCUT2D eigenvalue weighted by Crippen LogP contribution is 2.22. The van der Waals surface area contributed by atoms with Gasteiger partial charge in [-0.3, -0.25) is 4.99 Å². The normalized spacial score (nSPS) is 21.9. The van der Waals surface area contributed by atoms with E-state index in [1.807, 2.05) is 19.1 Å². The van der Waals surface area contributed by atoms with Gasteiger partial charge in [-0.1, -0.05) is 18.7 Å². The van der Waals surface area contributed by atoms with Crippen LogP contribution in [0.15, 0.2) is 21.5 Å². The molecule has 2 rings (SSSR count). The maximum absolute atomic E-state index is 5.58. The molecule has 0 saturated carbocycles. The van der Waals surface area contributed by atoms with Gasteiger partial charge >= 0.3 is 0 Å². The zero-order valence-electron chi connectivity index (χ0n) is 9.99. The lowest BCUT2D eigenvalue weighted by atomic mass is 10.2. The number of furan rings is 1. The molecular weight excluding hydrogens is 220 g/mol. The van der Waals surface area contributed by atoms with Gasteiger partial charge in [-0.15, -0.1) is 0 Å². The Bertz CT molecular complexity index is 386. The van der Waals surface area contributed by atoms with Crippen LogP contribution in [0.25, 0.3) is 0 Å². The fourth-order valence-corrected chi connectivity index (χ4v) is 2.79. The first kappa shape index (κ1) is 11.6. The Labute approximate surface area is 101 Å². The van der Waals surface area contributed by atoms with Gasteiger partial charge in [0.15, 0.2) is 5.17 Å². The number of nitrogens with zero attached hydrogens (tertiary/aromatic N) is 1. The van der Waals surface area contributed by atoms with Gasteiger partial charge in [0.1, 0.15) is 11.5 Å². The second-order valence-corrected chi connectivity index (χ2v) is 5.13. The second-order valence-electron chi connectivity index (χ2n) is 4.12. The van der Waals surface area contributed by atoms with E-state index in [0.717, 1.165) is 28.9 Å². The molecule has 0 saturated heterocycles. The predicted octanol–water partition coefficient (Wildman–Crippen LogP) is 3.12. The van der Waals surface area contributed by atoms with Crippen LogP contribution in [0.3, 0.4) is 0 Å². The molecule has 2 unspecified atom stereocenters. The lowest BCUT2D eigenvalue weighted by molar-refractivity contribution is 0.444. The number of thioether (sulfide) groups is 1. The molecule has 16 heavy (non-hydrogen) atoms. The summed E-state index contributed by atoms with van der Waals surface area (Å²) in [5.41, 5.74) is 0. The minimum atomic E-state index is 0.190. The van der Waals surface area contributed by atoms with E-state index in [0.29, 0.717) is 6.04 Å². The average Bonchev–Trinajstić information content (AvgIpc) is 2.87. The van der Waals surface area contributed by atoms with Crippen molar-refractivity contribution in [1.82, 2.24) is 5.32 Å². The van der Waals surface area contributed by atoms with Crippen LogP contribution in [0.1, 0.15) is 37.8 Å². The molecule has 1 N–H and O–H groups in total. The zero-order valence-corrected chi connectivity index (χ0v) is 10.8. The van der Waals surface area contributed by atoms with Gasteiger partial charge in [-0.05, 0) is 32.4 Å². The smallest absolute Gasteiger partial charge is 0.157 e. The van der Waals surface area contributed by atoms with Crippen molar-refractivity contribution in [1.29, 1.82) is 0 Å². The molecule has 4 heteroatoms. The summed E-state index contributed by atoms with van der Waals surface area (Å²) in [6, 6.07) is 4.68. The SMILES string of the molecule is CCC1CSC(NC(C)c2ccc(C)o2)=N1. The number of rotatable bonds is 3. The average molecular weight is 238 g/mol. The van der Waals surface area contributed by atoms with Gasteiger partial charge in [-0.2, -0.15) is 0 Å². The Morgan fingerprint density at radius 1 is 1.62 bits per heavy atom. The van der Waals surface area contributed by atoms with Crippen LogP contribution >= 0.6 is 11.8 Å². The molecule has 3 nitrogen and oxygen atoms in total. The third-order valence-corrected chi connectivity index (χ3v) is 3.76. The maximum Gasteiger partial charge on any atom is 0.157 e. The Balaban J connectivity index is 1.95. The number of hydrogen-bond donors (Lipinski definition) is 1. The third-order valence-electron chi connectivity index (χ3n) is 2.71. The van der Waals surface area contributed by atoms with Gasteiger partial charge in [0.2, 0.25) is 0 Å². The van der Waals surface area contributed by atoms with Gasteiger partial charge in [0.25, 0.3) is 0 Å². The molecule has 0 spiro atoms. The number of hydrogen-bond acceptors (Lipinski definition) is 4. The summed E-state index contributed by atoms with van der Waals surface area (Å²) in [4.78, 5) is 4.61. The van der Waals surface area contributed by atoms with E-state index < -0.39 is 0 Å². The number of aliphatic imine (C=N–C) groups is 1. The van der Waals surface area contributed by atoms with Crippen molar-refractivity contribution in [3.63, 3.8) is 0 Å². The molecule has 0 amide bonds. The fourth-order valence-electron chi connectivity index (χ4n) is 1.65. The summed E-state index contributed by atoms with van der Waals surface area (Å²) in [5.74, 6) is 3.03. The Kier molecular flexibility index (Phi) is 3.59. The molecule has 1 aliphatic rings. The molecule has 88 valence electrons. The number of nitrogens with one attached hydrogen (secondary N) is 1. The van der Waals surface area contributed by atoms with Crippen molar-refractivity contribution >= 4 is 16.9 Å². The summed E-state index contributed by atoms with van der Waals surface area (Å²) < 4.78 is 5.58. The highest BCUT2D eigenvalue weighted by Gasteiger charge is 2.19. The first-order chi connectivity index (χ1) is 7.69. The molecule has 1 aliphatic heterocycles. The minimum absolute atomic E-state index is 0.190. The summed E-state index contributed by atoms with van der Waals surface area (Å²) in [6.07, 6.45) is 1.12. The summed E-state index contributed by atoms with van der Waals surface area (Å²) >= 11 is 1.80. The molecule has 0 fully saturated rings. The van der Waals surface area contributed by atoms with Crippen molar-refractivity contribution in [3.05, 3.63) is 23.7 Å². The summed E-state index contributed by atoms with van der Waals surface area (Å²) in [5, 5.41) is 4.44. The molecule has 2 atom stereocenters. The molecule has 1 aromatic rings. The summed E-state index contributed by atoms with van der Waals surface area (Å²) in [7, 11) is 0. The third kappa shape index (κ3) is 2.61. The van der Waals surface area contributed by atoms with Crippen molar-refractivity contribution in [2.24, 2.45) is 4.99 Å². The monoisotopic (exact) mass is 238 g/mol. The van der Waals surface area contributed by atoms with Crippen molar-refractivity contribution < 1.29 is 4.42 Å². The molecular formula is C12H18N2OS. The molecule has 2 heterocycles. The number of amidine groups is 1. The number of aryl methyl sites for hydroxylation is 1. The first-order valence-electron chi connectivity index (χ1n) is 5.72. The van der Waals surface area contributed by atoms with E-state index in [4.69, 9.17) is 4.42 Å². The van der Waals surface area contributed by atoms with Crippen LogP contribution in [0.5, 0.6) is 0 Å². The van der Waals surface area contributed by atoms with Crippen molar-refractivity contribution in [2.45, 2.75) is 39.3 Å². The van der Waals surface area contributed by atoms with Gasteiger partial charge in [0, 0.05) is 5.75 Å². The van der Waals surface area contributed by atoms with Crippen molar-refractivity contribution in [2.75, 3.05) is 5.75 Å². The molecule has 1 aromatic heterocycles. The second kappa shape index (κ2) is 4.95. The highest BCUT2D eigenvalue weighted by molar-refractivity contribution is 8.14. The van der Waals surface area contributed by atoms with Crippen LogP contribution < -0.4 is 5.32 Å². The fraction of sp³-hybridized carbons (Fsp3) is 0.583. The Morgan fingerprint density at radius 3 is 3.00 bits per heavy atom. The van der Waals surface area contributed by atoms with E-state index in [1.54, 1.807) is 11.8 Å². The van der Waals surface area contributed by atoms with E-state index in [1.165, 1.54) is 0 Å². The van der Waals surface area contributed by atoms with Gasteiger partial charge in [0.05, 0.1) is 12.1 Å². The van der Waals surface area contributed by atoms with Crippen LogP contribution in [0.4, 0.5) is 0 Å². The standard InChI is InChI=1S/C12H18N2OS/c1-4-10-7-16-12(14-10)13-9(3)11-6-5-8(2)15-11/h5-6,9-10H,4,7H2,1-3H3,(H,13,14). The molecule has 0 radical (unpaired) electrons. The Hall–Kier alpha value is -0.900. The van der Waals surface area contributed by atoms with Crippen molar-refractivity contribution in [3.8, 4) is 0 Å². The van der Waals surface area contributed by atoms with Crippen LogP contribution in [0.2, 0.25) is 0 Å². The van der Waals surface area contributed by atoms with Crippen LogP contribution in [-0.2, 0) is 0 Å². The van der Waals surface area contributed by atoms with E-state index >= 15 is 0 Å². The Morgan fingerprint density at radius 2 is 2.44 bits per heavy atom. The molecule has 0 aromatic carbocycles. The van der Waals surface area contributed by atoms with Crippen LogP contribution in [-0.4, -0.2) is 17.0 Å². The molecule has 0 aliphatic carbocycles. The van der Waals surface area contributed by atoms with E-state index in [2.05, 4.69) is 24.2 Å². The lowest BCUT2D eigenvalue weighted by Crippen LogP contribution is -2.22. The minimum Gasteiger partial charge on any atom is -0.464 e. The quantitative estimate of drug-likeness (QED) is 0.879. The molecule has 0 bridgehead atoms. The highest BCUT2D eigenvalue weighted by atomic mass is 32.2. The predicted molar refractivity (Wildman–Crippen MR) is 69.0 cm³/mol.